The molecular formula is C15H27NO2. The molecule has 0 radical (unpaired) electrons. The maximum atomic E-state index is 11.4. The van der Waals surface area contributed by atoms with Crippen LogP contribution in [0.5, 0.6) is 0 Å². The zero-order valence-electron chi connectivity index (χ0n) is 11.4. The minimum Gasteiger partial charge on any atom is -0.389 e. The van der Waals surface area contributed by atoms with Crippen molar-refractivity contribution in [1.29, 1.82) is 0 Å². The van der Waals surface area contributed by atoms with Crippen LogP contribution in [-0.4, -0.2) is 23.0 Å². The van der Waals surface area contributed by atoms with Gasteiger partial charge in [-0.15, -0.1) is 0 Å². The molecule has 2 rings (SSSR count). The SMILES string of the molecule is NCC1(C2(O)CCC(=O)CC2)CCCCCCC1. The van der Waals surface area contributed by atoms with Crippen LogP contribution in [0.4, 0.5) is 0 Å². The number of carbonyl (C=O) groups is 1. The zero-order chi connectivity index (χ0) is 13.1. The topological polar surface area (TPSA) is 63.3 Å². The first-order valence-corrected chi connectivity index (χ1v) is 7.56. The van der Waals surface area contributed by atoms with Gasteiger partial charge in [-0.1, -0.05) is 32.1 Å². The van der Waals surface area contributed by atoms with Crippen LogP contribution in [0.2, 0.25) is 0 Å². The molecule has 2 fully saturated rings. The Labute approximate surface area is 110 Å². The molecule has 0 heterocycles. The maximum absolute atomic E-state index is 11.4. The third-order valence-electron chi connectivity index (χ3n) is 5.32. The monoisotopic (exact) mass is 253 g/mol. The molecule has 0 spiro atoms. The van der Waals surface area contributed by atoms with E-state index in [1.54, 1.807) is 0 Å². The van der Waals surface area contributed by atoms with Crippen LogP contribution in [-0.2, 0) is 4.79 Å². The number of hydrogen-bond acceptors (Lipinski definition) is 3. The molecule has 0 atom stereocenters. The zero-order valence-corrected chi connectivity index (χ0v) is 11.4. The quantitative estimate of drug-likeness (QED) is 0.795. The van der Waals surface area contributed by atoms with Crippen molar-refractivity contribution in [2.75, 3.05) is 6.54 Å². The predicted octanol–water partition coefficient (Wildman–Crippen LogP) is 2.55. The molecule has 2 aliphatic rings. The van der Waals surface area contributed by atoms with E-state index < -0.39 is 5.60 Å². The average Bonchev–Trinajstić information content (AvgIpc) is 2.33. The fourth-order valence-corrected chi connectivity index (χ4v) is 3.91. The molecule has 3 N–H and O–H groups in total. The first-order chi connectivity index (χ1) is 8.62. The summed E-state index contributed by atoms with van der Waals surface area (Å²) in [5.41, 5.74) is 5.25. The lowest BCUT2D eigenvalue weighted by molar-refractivity contribution is -0.141. The van der Waals surface area contributed by atoms with Crippen molar-refractivity contribution in [3.05, 3.63) is 0 Å². The van der Waals surface area contributed by atoms with Gasteiger partial charge in [-0.2, -0.15) is 0 Å². The summed E-state index contributed by atoms with van der Waals surface area (Å²) in [5, 5.41) is 11.0. The number of rotatable bonds is 2. The van der Waals surface area contributed by atoms with E-state index in [4.69, 9.17) is 5.73 Å². The number of Topliss-reactive ketones (excluding diaryl/α,β-unsaturated/α-hetero) is 1. The van der Waals surface area contributed by atoms with Gasteiger partial charge in [-0.05, 0) is 25.7 Å². The Morgan fingerprint density at radius 3 is 1.94 bits per heavy atom. The van der Waals surface area contributed by atoms with E-state index in [1.807, 2.05) is 0 Å². The Balaban J connectivity index is 2.15. The summed E-state index contributed by atoms with van der Waals surface area (Å²) >= 11 is 0. The fraction of sp³-hybridized carbons (Fsp3) is 0.933. The average molecular weight is 253 g/mol. The normalized spacial score (nSPS) is 28.4. The van der Waals surface area contributed by atoms with E-state index in [1.165, 1.54) is 32.1 Å². The molecule has 2 aliphatic carbocycles. The second-order valence-electron chi connectivity index (χ2n) is 6.32. The molecule has 0 aliphatic heterocycles. The summed E-state index contributed by atoms with van der Waals surface area (Å²) in [6.07, 6.45) is 10.6. The van der Waals surface area contributed by atoms with Crippen molar-refractivity contribution in [3.63, 3.8) is 0 Å². The number of nitrogens with two attached hydrogens (primary N) is 1. The van der Waals surface area contributed by atoms with Crippen molar-refractivity contribution in [1.82, 2.24) is 0 Å². The first-order valence-electron chi connectivity index (χ1n) is 7.56. The van der Waals surface area contributed by atoms with E-state index >= 15 is 0 Å². The molecule has 3 nitrogen and oxygen atoms in total. The molecule has 0 aromatic heterocycles. The number of aliphatic hydroxyl groups is 1. The highest BCUT2D eigenvalue weighted by atomic mass is 16.3. The van der Waals surface area contributed by atoms with Gasteiger partial charge in [0.15, 0.2) is 0 Å². The molecular weight excluding hydrogens is 226 g/mol. The minimum atomic E-state index is -0.687. The highest BCUT2D eigenvalue weighted by Crippen LogP contribution is 2.48. The molecule has 0 aromatic rings. The molecule has 104 valence electrons. The van der Waals surface area contributed by atoms with Crippen LogP contribution in [0.15, 0.2) is 0 Å². The van der Waals surface area contributed by atoms with Gasteiger partial charge in [0.1, 0.15) is 5.78 Å². The van der Waals surface area contributed by atoms with Crippen LogP contribution in [0.3, 0.4) is 0 Å². The summed E-state index contributed by atoms with van der Waals surface area (Å²) in [7, 11) is 0. The van der Waals surface area contributed by atoms with Crippen molar-refractivity contribution >= 4 is 5.78 Å². The summed E-state index contributed by atoms with van der Waals surface area (Å²) < 4.78 is 0. The van der Waals surface area contributed by atoms with E-state index in [0.29, 0.717) is 38.0 Å². The Morgan fingerprint density at radius 1 is 0.944 bits per heavy atom. The van der Waals surface area contributed by atoms with Gasteiger partial charge in [0, 0.05) is 24.8 Å². The predicted molar refractivity (Wildman–Crippen MR) is 72.2 cm³/mol. The summed E-state index contributed by atoms with van der Waals surface area (Å²) in [6.45, 7) is 0.567. The lowest BCUT2D eigenvalue weighted by atomic mass is 9.60. The summed E-state index contributed by atoms with van der Waals surface area (Å²) in [4.78, 5) is 11.4. The smallest absolute Gasteiger partial charge is 0.133 e. The van der Waals surface area contributed by atoms with Gasteiger partial charge in [0.25, 0.3) is 0 Å². The van der Waals surface area contributed by atoms with Gasteiger partial charge >= 0.3 is 0 Å². The van der Waals surface area contributed by atoms with Gasteiger partial charge in [0.05, 0.1) is 5.60 Å². The lowest BCUT2D eigenvalue weighted by Gasteiger charge is -2.50. The fourth-order valence-electron chi connectivity index (χ4n) is 3.91. The second-order valence-corrected chi connectivity index (χ2v) is 6.32. The third kappa shape index (κ3) is 2.62. The largest absolute Gasteiger partial charge is 0.389 e. The molecule has 0 aromatic carbocycles. The molecule has 0 amide bonds. The Kier molecular flexibility index (Phi) is 4.44. The summed E-state index contributed by atoms with van der Waals surface area (Å²) in [6, 6.07) is 0. The first kappa shape index (κ1) is 14.0. The van der Waals surface area contributed by atoms with Crippen LogP contribution >= 0.6 is 0 Å². The Morgan fingerprint density at radius 2 is 1.44 bits per heavy atom. The Bertz CT molecular complexity index is 283. The number of hydrogen-bond donors (Lipinski definition) is 2. The molecule has 0 bridgehead atoms. The van der Waals surface area contributed by atoms with Crippen molar-refractivity contribution < 1.29 is 9.90 Å². The van der Waals surface area contributed by atoms with E-state index in [0.717, 1.165) is 12.8 Å². The second kappa shape index (κ2) is 5.70. The summed E-state index contributed by atoms with van der Waals surface area (Å²) in [5.74, 6) is 0.303. The third-order valence-corrected chi connectivity index (χ3v) is 5.32. The lowest BCUT2D eigenvalue weighted by Crippen LogP contribution is -2.54. The van der Waals surface area contributed by atoms with Gasteiger partial charge in [-0.25, -0.2) is 0 Å². The molecule has 2 saturated carbocycles. The van der Waals surface area contributed by atoms with E-state index in [-0.39, 0.29) is 5.41 Å². The van der Waals surface area contributed by atoms with E-state index in [9.17, 15) is 9.90 Å². The maximum Gasteiger partial charge on any atom is 0.133 e. The molecule has 0 saturated heterocycles. The van der Waals surface area contributed by atoms with Crippen molar-refractivity contribution in [2.24, 2.45) is 11.1 Å². The van der Waals surface area contributed by atoms with Crippen LogP contribution < -0.4 is 5.73 Å². The number of carbonyl (C=O) groups excluding carboxylic acids is 1. The van der Waals surface area contributed by atoms with Crippen molar-refractivity contribution in [2.45, 2.75) is 76.2 Å². The highest BCUT2D eigenvalue weighted by molar-refractivity contribution is 5.79. The van der Waals surface area contributed by atoms with E-state index in [2.05, 4.69) is 0 Å². The molecule has 3 heteroatoms. The van der Waals surface area contributed by atoms with Gasteiger partial charge in [-0.3, -0.25) is 4.79 Å². The number of ketones is 1. The van der Waals surface area contributed by atoms with Crippen LogP contribution in [0.25, 0.3) is 0 Å². The van der Waals surface area contributed by atoms with Crippen LogP contribution in [0.1, 0.15) is 70.6 Å². The Hall–Kier alpha value is -0.410. The van der Waals surface area contributed by atoms with Crippen LogP contribution in [0, 0.1) is 5.41 Å². The standard InChI is InChI=1S/C15H27NO2/c16-12-14(8-4-2-1-3-5-9-14)15(18)10-6-13(17)7-11-15/h18H,1-12,16H2. The van der Waals surface area contributed by atoms with Gasteiger partial charge < -0.3 is 10.8 Å². The molecule has 0 unspecified atom stereocenters. The van der Waals surface area contributed by atoms with Crippen molar-refractivity contribution in [3.8, 4) is 0 Å². The minimum absolute atomic E-state index is 0.131. The van der Waals surface area contributed by atoms with Gasteiger partial charge in [0.2, 0.25) is 0 Å². The highest BCUT2D eigenvalue weighted by Gasteiger charge is 2.49. The molecule has 18 heavy (non-hydrogen) atoms.